The minimum atomic E-state index is -0.584. The van der Waals surface area contributed by atoms with E-state index in [-0.39, 0.29) is 29.5 Å². The maximum atomic E-state index is 12.7. The largest absolute Gasteiger partial charge is 0.470 e. The Morgan fingerprint density at radius 1 is 1.12 bits per heavy atom. The van der Waals surface area contributed by atoms with Crippen LogP contribution in [0.1, 0.15) is 10.5 Å². The molecule has 4 rings (SSSR count). The summed E-state index contributed by atoms with van der Waals surface area (Å²) in [5.74, 6) is 0.387. The van der Waals surface area contributed by atoms with E-state index in [9.17, 15) is 14.9 Å². The first kappa shape index (κ1) is 23.0. The molecule has 10 nitrogen and oxygen atoms in total. The molecule has 0 aliphatic carbocycles. The summed E-state index contributed by atoms with van der Waals surface area (Å²) in [5.41, 5.74) is -0.0145. The van der Waals surface area contributed by atoms with Gasteiger partial charge >= 0.3 is 0 Å². The number of ether oxygens (including phenoxy) is 2. The molecule has 0 aliphatic rings. The zero-order valence-electron chi connectivity index (χ0n) is 17.2. The Hall–Kier alpha value is -4.15. The van der Waals surface area contributed by atoms with Crippen LogP contribution < -0.4 is 14.8 Å². The van der Waals surface area contributed by atoms with Crippen LogP contribution >= 0.6 is 23.2 Å². The van der Waals surface area contributed by atoms with Crippen molar-refractivity contribution in [2.24, 2.45) is 0 Å². The number of carbonyl (C=O) groups excluding carboxylic acids is 1. The van der Waals surface area contributed by atoms with Crippen molar-refractivity contribution in [1.82, 2.24) is 14.8 Å². The maximum absolute atomic E-state index is 12.7. The summed E-state index contributed by atoms with van der Waals surface area (Å²) in [4.78, 5) is 27.3. The van der Waals surface area contributed by atoms with E-state index < -0.39 is 10.8 Å². The molecule has 0 bridgehead atoms. The average molecular weight is 500 g/mol. The maximum Gasteiger partial charge on any atom is 0.276 e. The van der Waals surface area contributed by atoms with Gasteiger partial charge in [0.15, 0.2) is 12.4 Å². The number of nitro groups is 1. The normalized spacial score (nSPS) is 10.5. The van der Waals surface area contributed by atoms with Crippen molar-refractivity contribution < 1.29 is 19.2 Å². The molecule has 2 aromatic carbocycles. The molecule has 0 unspecified atom stereocenters. The number of anilines is 1. The Labute approximate surface area is 202 Å². The van der Waals surface area contributed by atoms with Gasteiger partial charge in [-0.3, -0.25) is 19.9 Å². The lowest BCUT2D eigenvalue weighted by Gasteiger charge is -2.09. The molecule has 34 heavy (non-hydrogen) atoms. The van der Waals surface area contributed by atoms with Crippen LogP contribution in [0.3, 0.4) is 0 Å². The van der Waals surface area contributed by atoms with Crippen molar-refractivity contribution in [3.05, 3.63) is 99.0 Å². The quantitative estimate of drug-likeness (QED) is 0.248. The van der Waals surface area contributed by atoms with Crippen molar-refractivity contribution in [1.29, 1.82) is 0 Å². The SMILES string of the molecule is O=C(Nc1cc(Oc2cccnc2)cc([N+](=O)[O-])c1)c1ccn(COc2ccc(Cl)cc2Cl)n1. The van der Waals surface area contributed by atoms with Crippen LogP contribution in [-0.2, 0) is 6.73 Å². The van der Waals surface area contributed by atoms with E-state index in [1.54, 1.807) is 42.7 Å². The minimum Gasteiger partial charge on any atom is -0.470 e. The number of amides is 1. The number of carbonyl (C=O) groups is 1. The van der Waals surface area contributed by atoms with Crippen molar-refractivity contribution in [2.75, 3.05) is 5.32 Å². The third kappa shape index (κ3) is 5.80. The lowest BCUT2D eigenvalue weighted by atomic mass is 10.2. The van der Waals surface area contributed by atoms with Gasteiger partial charge in [0.2, 0.25) is 0 Å². The first-order chi connectivity index (χ1) is 16.4. The van der Waals surface area contributed by atoms with Gasteiger partial charge in [-0.05, 0) is 36.4 Å². The van der Waals surface area contributed by atoms with E-state index in [2.05, 4.69) is 15.4 Å². The van der Waals surface area contributed by atoms with Gasteiger partial charge in [-0.15, -0.1) is 0 Å². The first-order valence-corrected chi connectivity index (χ1v) is 10.4. The smallest absolute Gasteiger partial charge is 0.276 e. The van der Waals surface area contributed by atoms with Gasteiger partial charge in [0.25, 0.3) is 11.6 Å². The number of hydrogen-bond donors (Lipinski definition) is 1. The molecule has 2 aromatic heterocycles. The molecule has 172 valence electrons. The van der Waals surface area contributed by atoms with Crippen LogP contribution in [0.25, 0.3) is 0 Å². The first-order valence-electron chi connectivity index (χ1n) is 9.67. The minimum absolute atomic E-state index is 0.00542. The van der Waals surface area contributed by atoms with Crippen molar-refractivity contribution >= 4 is 40.5 Å². The van der Waals surface area contributed by atoms with E-state index in [0.717, 1.165) is 0 Å². The Balaban J connectivity index is 1.45. The highest BCUT2D eigenvalue weighted by molar-refractivity contribution is 6.35. The summed E-state index contributed by atoms with van der Waals surface area (Å²) in [6.07, 6.45) is 4.58. The number of non-ortho nitro benzene ring substituents is 1. The van der Waals surface area contributed by atoms with Gasteiger partial charge in [0.05, 0.1) is 27.9 Å². The lowest BCUT2D eigenvalue weighted by Crippen LogP contribution is -2.14. The van der Waals surface area contributed by atoms with Gasteiger partial charge in [0, 0.05) is 29.5 Å². The molecule has 0 spiro atoms. The van der Waals surface area contributed by atoms with Crippen molar-refractivity contribution in [3.63, 3.8) is 0 Å². The fourth-order valence-electron chi connectivity index (χ4n) is 2.84. The molecule has 0 aliphatic heterocycles. The number of rotatable bonds is 8. The second-order valence-corrected chi connectivity index (χ2v) is 7.65. The number of nitrogens with one attached hydrogen (secondary N) is 1. The second kappa shape index (κ2) is 10.2. The average Bonchev–Trinajstić information content (AvgIpc) is 3.28. The van der Waals surface area contributed by atoms with E-state index in [4.69, 9.17) is 32.7 Å². The summed E-state index contributed by atoms with van der Waals surface area (Å²) in [6, 6.07) is 13.5. The van der Waals surface area contributed by atoms with Gasteiger partial charge in [0.1, 0.15) is 17.2 Å². The van der Waals surface area contributed by atoms with Gasteiger partial charge in [-0.1, -0.05) is 23.2 Å². The van der Waals surface area contributed by atoms with Crippen molar-refractivity contribution in [3.8, 4) is 17.2 Å². The predicted molar refractivity (Wildman–Crippen MR) is 125 cm³/mol. The van der Waals surface area contributed by atoms with Crippen LogP contribution in [0.15, 0.2) is 73.2 Å². The standard InChI is InChI=1S/C22H15Cl2N5O5/c23-14-3-4-21(19(24)8-14)33-13-28-7-5-20(27-28)22(30)26-15-9-16(29(31)32)11-18(10-15)34-17-2-1-6-25-12-17/h1-12H,13H2,(H,26,30). The van der Waals surface area contributed by atoms with E-state index in [0.29, 0.717) is 21.5 Å². The van der Waals surface area contributed by atoms with Crippen LogP contribution in [0.4, 0.5) is 11.4 Å². The molecule has 0 saturated carbocycles. The van der Waals surface area contributed by atoms with Crippen LogP contribution in [0.5, 0.6) is 17.2 Å². The topological polar surface area (TPSA) is 121 Å². The summed E-state index contributed by atoms with van der Waals surface area (Å²) < 4.78 is 12.6. The van der Waals surface area contributed by atoms with Crippen LogP contribution in [0, 0.1) is 10.1 Å². The summed E-state index contributed by atoms with van der Waals surface area (Å²) >= 11 is 11.9. The molecule has 0 fully saturated rings. The Bertz CT molecular complexity index is 1350. The Morgan fingerprint density at radius 3 is 2.71 bits per heavy atom. The number of halogens is 2. The third-order valence-corrected chi connectivity index (χ3v) is 4.88. The highest BCUT2D eigenvalue weighted by Gasteiger charge is 2.16. The number of hydrogen-bond acceptors (Lipinski definition) is 7. The highest BCUT2D eigenvalue weighted by Crippen LogP contribution is 2.30. The lowest BCUT2D eigenvalue weighted by molar-refractivity contribution is -0.384. The molecule has 0 radical (unpaired) electrons. The van der Waals surface area contributed by atoms with Gasteiger partial charge in [-0.25, -0.2) is 4.68 Å². The van der Waals surface area contributed by atoms with Gasteiger partial charge < -0.3 is 14.8 Å². The Kier molecular flexibility index (Phi) is 6.90. The van der Waals surface area contributed by atoms with Crippen LogP contribution in [-0.4, -0.2) is 25.6 Å². The molecular weight excluding hydrogens is 485 g/mol. The monoisotopic (exact) mass is 499 g/mol. The number of nitrogens with zero attached hydrogens (tertiary/aromatic N) is 4. The van der Waals surface area contributed by atoms with E-state index in [1.165, 1.54) is 35.1 Å². The second-order valence-electron chi connectivity index (χ2n) is 6.81. The molecule has 12 heteroatoms. The fraction of sp³-hybridized carbons (Fsp3) is 0.0455. The predicted octanol–water partition coefficient (Wildman–Crippen LogP) is 5.57. The summed E-state index contributed by atoms with van der Waals surface area (Å²) in [6.45, 7) is -0.00542. The molecule has 0 atom stereocenters. The van der Waals surface area contributed by atoms with E-state index in [1.807, 2.05) is 0 Å². The number of aromatic nitrogens is 3. The molecular formula is C22H15Cl2N5O5. The number of pyridine rings is 1. The molecule has 0 saturated heterocycles. The highest BCUT2D eigenvalue weighted by atomic mass is 35.5. The molecule has 1 N–H and O–H groups in total. The fourth-order valence-corrected chi connectivity index (χ4v) is 3.30. The van der Waals surface area contributed by atoms with E-state index >= 15 is 0 Å². The molecule has 2 heterocycles. The van der Waals surface area contributed by atoms with Gasteiger partial charge in [-0.2, -0.15) is 5.10 Å². The summed E-state index contributed by atoms with van der Waals surface area (Å²) in [7, 11) is 0. The number of benzene rings is 2. The molecule has 4 aromatic rings. The number of nitro benzene ring substituents is 1. The Morgan fingerprint density at radius 2 is 1.97 bits per heavy atom. The zero-order chi connectivity index (χ0) is 24.1. The van der Waals surface area contributed by atoms with Crippen LogP contribution in [0.2, 0.25) is 10.0 Å². The van der Waals surface area contributed by atoms with Crippen molar-refractivity contribution in [2.45, 2.75) is 6.73 Å². The third-order valence-electron chi connectivity index (χ3n) is 4.35. The molecule has 1 amide bonds. The zero-order valence-corrected chi connectivity index (χ0v) is 18.7. The summed E-state index contributed by atoms with van der Waals surface area (Å²) in [5, 5.41) is 18.9.